The lowest BCUT2D eigenvalue weighted by Crippen LogP contribution is -2.29. The van der Waals surface area contributed by atoms with E-state index in [1.165, 1.54) is 40.5 Å². The van der Waals surface area contributed by atoms with Gasteiger partial charge in [0.2, 0.25) is 0 Å². The first-order chi connectivity index (χ1) is 10.3. The van der Waals surface area contributed by atoms with Gasteiger partial charge < -0.3 is 10.2 Å². The van der Waals surface area contributed by atoms with E-state index in [4.69, 9.17) is 0 Å². The Balaban J connectivity index is 1.49. The Hall–Kier alpha value is -0.840. The normalized spacial score (nSPS) is 17.9. The lowest BCUT2D eigenvalue weighted by molar-refractivity contribution is 0.685. The molecule has 1 fully saturated rings. The molecule has 0 unspecified atom stereocenters. The molecule has 0 atom stereocenters. The lowest BCUT2D eigenvalue weighted by atomic mass is 10.1. The predicted octanol–water partition coefficient (Wildman–Crippen LogP) is 4.33. The van der Waals surface area contributed by atoms with Crippen LogP contribution in [0.4, 0.5) is 5.69 Å². The minimum Gasteiger partial charge on any atom is -0.367 e. The predicted molar refractivity (Wildman–Crippen MR) is 93.1 cm³/mol. The van der Waals surface area contributed by atoms with Crippen LogP contribution in [-0.4, -0.2) is 12.6 Å². The molecular weight excluding hydrogens is 344 g/mol. The van der Waals surface area contributed by atoms with E-state index < -0.39 is 0 Å². The van der Waals surface area contributed by atoms with Crippen LogP contribution in [0.25, 0.3) is 0 Å². The molecule has 2 nitrogen and oxygen atoms in total. The first-order valence-electron chi connectivity index (χ1n) is 7.61. The zero-order valence-corrected chi connectivity index (χ0v) is 14.3. The molecule has 4 rings (SSSR count). The maximum atomic E-state index is 3.74. The average Bonchev–Trinajstić information content (AvgIpc) is 3.21. The lowest BCUT2D eigenvalue weighted by Gasteiger charge is -2.29. The van der Waals surface area contributed by atoms with Crippen molar-refractivity contribution in [1.29, 1.82) is 0 Å². The van der Waals surface area contributed by atoms with Crippen molar-refractivity contribution in [2.24, 2.45) is 0 Å². The molecule has 1 saturated carbocycles. The highest BCUT2D eigenvalue weighted by molar-refractivity contribution is 9.10. The van der Waals surface area contributed by atoms with Gasteiger partial charge in [0.1, 0.15) is 0 Å². The number of hydrogen-bond donors (Lipinski definition) is 1. The fourth-order valence-corrected chi connectivity index (χ4v) is 4.28. The van der Waals surface area contributed by atoms with E-state index >= 15 is 0 Å². The maximum absolute atomic E-state index is 3.74. The number of benzene rings is 1. The number of nitrogens with zero attached hydrogens (tertiary/aromatic N) is 1. The van der Waals surface area contributed by atoms with Crippen molar-refractivity contribution < 1.29 is 0 Å². The van der Waals surface area contributed by atoms with Crippen LogP contribution in [0.2, 0.25) is 0 Å². The molecule has 0 saturated heterocycles. The number of halogens is 1. The quantitative estimate of drug-likeness (QED) is 0.870. The SMILES string of the molecule is Brc1cc(N2CCc3sccc3C2)ccc1CNC1CC1. The molecule has 1 N–H and O–H groups in total. The van der Waals surface area contributed by atoms with Gasteiger partial charge in [0, 0.05) is 40.7 Å². The zero-order valence-electron chi connectivity index (χ0n) is 11.9. The van der Waals surface area contributed by atoms with Crippen molar-refractivity contribution >= 4 is 33.0 Å². The third-order valence-corrected chi connectivity index (χ3v) is 6.13. The molecule has 2 aromatic rings. The Kier molecular flexibility index (Phi) is 3.78. The summed E-state index contributed by atoms with van der Waals surface area (Å²) in [5.41, 5.74) is 4.19. The van der Waals surface area contributed by atoms with Gasteiger partial charge in [-0.3, -0.25) is 0 Å². The highest BCUT2D eigenvalue weighted by Crippen LogP contribution is 2.30. The molecule has 0 bridgehead atoms. The van der Waals surface area contributed by atoms with Crippen LogP contribution in [0.1, 0.15) is 28.8 Å². The van der Waals surface area contributed by atoms with E-state index in [0.717, 1.165) is 25.7 Å². The first-order valence-corrected chi connectivity index (χ1v) is 9.29. The summed E-state index contributed by atoms with van der Waals surface area (Å²) in [6.07, 6.45) is 3.86. The Bertz CT molecular complexity index is 648. The Morgan fingerprint density at radius 1 is 1.29 bits per heavy atom. The van der Waals surface area contributed by atoms with Crippen LogP contribution in [-0.2, 0) is 19.5 Å². The summed E-state index contributed by atoms with van der Waals surface area (Å²) < 4.78 is 1.23. The second kappa shape index (κ2) is 5.75. The molecule has 1 aromatic carbocycles. The van der Waals surface area contributed by atoms with Gasteiger partial charge in [0.15, 0.2) is 0 Å². The fourth-order valence-electron chi connectivity index (χ4n) is 2.89. The van der Waals surface area contributed by atoms with Crippen molar-refractivity contribution in [2.75, 3.05) is 11.4 Å². The molecule has 0 radical (unpaired) electrons. The molecule has 110 valence electrons. The number of anilines is 1. The van der Waals surface area contributed by atoms with Crippen molar-refractivity contribution in [3.05, 3.63) is 50.1 Å². The average molecular weight is 363 g/mol. The summed E-state index contributed by atoms with van der Waals surface area (Å²) in [5.74, 6) is 0. The fraction of sp³-hybridized carbons (Fsp3) is 0.412. The van der Waals surface area contributed by atoms with Gasteiger partial charge in [-0.2, -0.15) is 0 Å². The third kappa shape index (κ3) is 3.03. The molecule has 2 heterocycles. The van der Waals surface area contributed by atoms with E-state index in [0.29, 0.717) is 0 Å². The van der Waals surface area contributed by atoms with Gasteiger partial charge in [-0.15, -0.1) is 11.3 Å². The zero-order chi connectivity index (χ0) is 14.2. The summed E-state index contributed by atoms with van der Waals surface area (Å²) in [6, 6.07) is 9.84. The van der Waals surface area contributed by atoms with Gasteiger partial charge in [-0.1, -0.05) is 22.0 Å². The molecule has 21 heavy (non-hydrogen) atoms. The minimum atomic E-state index is 0.760. The number of hydrogen-bond acceptors (Lipinski definition) is 3. The van der Waals surface area contributed by atoms with E-state index in [1.54, 1.807) is 4.88 Å². The third-order valence-electron chi connectivity index (χ3n) is 4.37. The Morgan fingerprint density at radius 3 is 3.00 bits per heavy atom. The van der Waals surface area contributed by atoms with E-state index in [1.807, 2.05) is 11.3 Å². The van der Waals surface area contributed by atoms with Crippen molar-refractivity contribution in [1.82, 2.24) is 5.32 Å². The largest absolute Gasteiger partial charge is 0.367 e. The summed E-state index contributed by atoms with van der Waals surface area (Å²) in [5, 5.41) is 5.80. The van der Waals surface area contributed by atoms with Gasteiger partial charge in [0.25, 0.3) is 0 Å². The van der Waals surface area contributed by atoms with Crippen LogP contribution in [0, 0.1) is 0 Å². The Morgan fingerprint density at radius 2 is 2.19 bits per heavy atom. The van der Waals surface area contributed by atoms with Gasteiger partial charge in [-0.25, -0.2) is 0 Å². The number of nitrogens with one attached hydrogen (secondary N) is 1. The van der Waals surface area contributed by atoms with Crippen molar-refractivity contribution in [2.45, 2.75) is 38.4 Å². The van der Waals surface area contributed by atoms with Crippen LogP contribution in [0.5, 0.6) is 0 Å². The molecular formula is C17H19BrN2S. The molecule has 4 heteroatoms. The van der Waals surface area contributed by atoms with Crippen LogP contribution >= 0.6 is 27.3 Å². The van der Waals surface area contributed by atoms with Gasteiger partial charge in [0.05, 0.1) is 0 Å². The van der Waals surface area contributed by atoms with Gasteiger partial charge in [-0.05, 0) is 54.0 Å². The van der Waals surface area contributed by atoms with Crippen LogP contribution < -0.4 is 10.2 Å². The van der Waals surface area contributed by atoms with E-state index in [2.05, 4.69) is 55.8 Å². The number of rotatable bonds is 4. The van der Waals surface area contributed by atoms with E-state index in [-0.39, 0.29) is 0 Å². The summed E-state index contributed by atoms with van der Waals surface area (Å²) in [6.45, 7) is 3.14. The highest BCUT2D eigenvalue weighted by atomic mass is 79.9. The van der Waals surface area contributed by atoms with E-state index in [9.17, 15) is 0 Å². The summed E-state index contributed by atoms with van der Waals surface area (Å²) >= 11 is 5.64. The molecule has 1 aromatic heterocycles. The topological polar surface area (TPSA) is 15.3 Å². The number of fused-ring (bicyclic) bond motifs is 1. The first kappa shape index (κ1) is 13.8. The van der Waals surface area contributed by atoms with Crippen molar-refractivity contribution in [3.8, 4) is 0 Å². The standard InChI is InChI=1S/C17H19BrN2S/c18-16-9-15(4-1-12(16)10-19-14-2-3-14)20-7-5-17-13(11-20)6-8-21-17/h1,4,6,8-9,14,19H,2-3,5,7,10-11H2. The molecule has 1 aliphatic carbocycles. The summed E-state index contributed by atoms with van der Waals surface area (Å²) in [4.78, 5) is 4.05. The molecule has 0 amide bonds. The maximum Gasteiger partial charge on any atom is 0.0440 e. The second-order valence-electron chi connectivity index (χ2n) is 5.97. The van der Waals surface area contributed by atoms with Gasteiger partial charge >= 0.3 is 0 Å². The van der Waals surface area contributed by atoms with Crippen molar-refractivity contribution in [3.63, 3.8) is 0 Å². The molecule has 2 aliphatic rings. The van der Waals surface area contributed by atoms with Crippen LogP contribution in [0.15, 0.2) is 34.1 Å². The molecule has 1 aliphatic heterocycles. The van der Waals surface area contributed by atoms with Crippen LogP contribution in [0.3, 0.4) is 0 Å². The number of thiophene rings is 1. The minimum absolute atomic E-state index is 0.760. The molecule has 0 spiro atoms. The Labute approximate surface area is 138 Å². The monoisotopic (exact) mass is 362 g/mol. The smallest absolute Gasteiger partial charge is 0.0440 e. The highest BCUT2D eigenvalue weighted by Gasteiger charge is 2.21. The second-order valence-corrected chi connectivity index (χ2v) is 7.83. The summed E-state index contributed by atoms with van der Waals surface area (Å²) in [7, 11) is 0.